The Morgan fingerprint density at radius 1 is 1.04 bits per heavy atom. The van der Waals surface area contributed by atoms with Crippen molar-refractivity contribution in [3.63, 3.8) is 0 Å². The molecule has 0 saturated carbocycles. The summed E-state index contributed by atoms with van der Waals surface area (Å²) < 4.78 is 28.8. The van der Waals surface area contributed by atoms with Crippen molar-refractivity contribution in [3.8, 4) is 5.82 Å². The molecule has 0 saturated heterocycles. The van der Waals surface area contributed by atoms with Crippen LogP contribution in [-0.2, 0) is 15.8 Å². The Kier molecular flexibility index (Phi) is 6.05. The summed E-state index contributed by atoms with van der Waals surface area (Å²) in [5.41, 5.74) is 3.70. The molecule has 0 aliphatic heterocycles. The fraction of sp³-hybridized carbons (Fsp3) is 0.316. The molecule has 3 rings (SSSR count). The number of anilines is 1. The van der Waals surface area contributed by atoms with Crippen LogP contribution in [0.3, 0.4) is 0 Å². The van der Waals surface area contributed by atoms with Crippen molar-refractivity contribution < 1.29 is 8.42 Å². The normalized spacial score (nSPS) is 11.5. The molecule has 0 radical (unpaired) electrons. The highest BCUT2D eigenvalue weighted by Crippen LogP contribution is 2.12. The van der Waals surface area contributed by atoms with Gasteiger partial charge in [0.15, 0.2) is 5.82 Å². The fourth-order valence-electron chi connectivity index (χ4n) is 2.89. The lowest BCUT2D eigenvalue weighted by Crippen LogP contribution is -2.30. The molecule has 3 aromatic rings. The lowest BCUT2D eigenvalue weighted by atomic mass is 10.2. The lowest BCUT2D eigenvalue weighted by molar-refractivity contribution is 0.582. The minimum Gasteiger partial charge on any atom is -0.369 e. The maximum absolute atomic E-state index is 12.2. The van der Waals surface area contributed by atoms with E-state index in [-0.39, 0.29) is 12.3 Å². The summed E-state index contributed by atoms with van der Waals surface area (Å²) in [7, 11) is -3.40. The molecule has 0 spiro atoms. The van der Waals surface area contributed by atoms with Crippen LogP contribution in [0.5, 0.6) is 0 Å². The standard InChI is InChI=1S/C19H24N6O2S/c1-14-5-4-6-17(9-14)12-28(26,27)23-8-7-20-18-11-19(22-13-21-18)25-16(3)10-15(2)24-25/h4-6,9-11,13,23H,7-8,12H2,1-3H3,(H,20,21,22). The molecule has 8 nitrogen and oxygen atoms in total. The number of sulfonamides is 1. The van der Waals surface area contributed by atoms with Crippen LogP contribution >= 0.6 is 0 Å². The Hall–Kier alpha value is -2.78. The van der Waals surface area contributed by atoms with Gasteiger partial charge in [-0.3, -0.25) is 0 Å². The number of aryl methyl sites for hydroxylation is 3. The molecule has 0 bridgehead atoms. The minimum atomic E-state index is -3.40. The molecule has 148 valence electrons. The van der Waals surface area contributed by atoms with Crippen molar-refractivity contribution in [2.24, 2.45) is 0 Å². The molecule has 0 aliphatic rings. The first-order valence-electron chi connectivity index (χ1n) is 8.95. The van der Waals surface area contributed by atoms with Crippen molar-refractivity contribution >= 4 is 15.8 Å². The summed E-state index contributed by atoms with van der Waals surface area (Å²) in [6.07, 6.45) is 1.45. The van der Waals surface area contributed by atoms with Crippen LogP contribution in [0.4, 0.5) is 5.82 Å². The predicted molar refractivity (Wildman–Crippen MR) is 109 cm³/mol. The van der Waals surface area contributed by atoms with Gasteiger partial charge in [-0.15, -0.1) is 0 Å². The van der Waals surface area contributed by atoms with Gasteiger partial charge in [-0.2, -0.15) is 5.10 Å². The fourth-order valence-corrected chi connectivity index (χ4v) is 4.02. The van der Waals surface area contributed by atoms with E-state index in [4.69, 9.17) is 0 Å². The number of rotatable bonds is 8. The number of hydrogen-bond acceptors (Lipinski definition) is 6. The van der Waals surface area contributed by atoms with Crippen LogP contribution in [0.15, 0.2) is 42.7 Å². The maximum Gasteiger partial charge on any atom is 0.215 e. The summed E-state index contributed by atoms with van der Waals surface area (Å²) in [5, 5.41) is 7.51. The molecular formula is C19H24N6O2S. The number of hydrogen-bond donors (Lipinski definition) is 2. The second kappa shape index (κ2) is 8.49. The van der Waals surface area contributed by atoms with Gasteiger partial charge in [-0.1, -0.05) is 29.8 Å². The zero-order valence-electron chi connectivity index (χ0n) is 16.2. The first-order valence-corrected chi connectivity index (χ1v) is 10.6. The smallest absolute Gasteiger partial charge is 0.215 e. The van der Waals surface area contributed by atoms with Gasteiger partial charge in [0, 0.05) is 24.8 Å². The van der Waals surface area contributed by atoms with E-state index in [9.17, 15) is 8.42 Å². The molecule has 0 unspecified atom stereocenters. The van der Waals surface area contributed by atoms with Gasteiger partial charge in [-0.25, -0.2) is 27.8 Å². The molecular weight excluding hydrogens is 376 g/mol. The third kappa shape index (κ3) is 5.37. The van der Waals surface area contributed by atoms with Crippen LogP contribution in [-0.4, -0.2) is 41.3 Å². The number of aromatic nitrogens is 4. The van der Waals surface area contributed by atoms with Crippen molar-refractivity contribution in [2.45, 2.75) is 26.5 Å². The number of benzene rings is 1. The van der Waals surface area contributed by atoms with Gasteiger partial charge in [0.05, 0.1) is 11.4 Å². The van der Waals surface area contributed by atoms with E-state index < -0.39 is 10.0 Å². The third-order valence-corrected chi connectivity index (χ3v) is 5.43. The molecule has 0 fully saturated rings. The minimum absolute atomic E-state index is 0.0374. The van der Waals surface area contributed by atoms with Crippen LogP contribution in [0.25, 0.3) is 5.82 Å². The van der Waals surface area contributed by atoms with Gasteiger partial charge in [0.25, 0.3) is 0 Å². The van der Waals surface area contributed by atoms with Crippen molar-refractivity contribution in [2.75, 3.05) is 18.4 Å². The zero-order valence-corrected chi connectivity index (χ0v) is 17.0. The molecule has 2 heterocycles. The highest BCUT2D eigenvalue weighted by atomic mass is 32.2. The highest BCUT2D eigenvalue weighted by molar-refractivity contribution is 7.88. The van der Waals surface area contributed by atoms with Crippen molar-refractivity contribution in [1.82, 2.24) is 24.5 Å². The van der Waals surface area contributed by atoms with E-state index >= 15 is 0 Å². The average Bonchev–Trinajstić information content (AvgIpc) is 2.97. The maximum atomic E-state index is 12.2. The van der Waals surface area contributed by atoms with E-state index in [0.29, 0.717) is 18.2 Å². The molecule has 0 amide bonds. The van der Waals surface area contributed by atoms with E-state index in [1.807, 2.05) is 51.1 Å². The van der Waals surface area contributed by atoms with Crippen molar-refractivity contribution in [3.05, 3.63) is 65.2 Å². The van der Waals surface area contributed by atoms with Crippen molar-refractivity contribution in [1.29, 1.82) is 0 Å². The first-order chi connectivity index (χ1) is 13.3. The quantitative estimate of drug-likeness (QED) is 0.562. The Balaban J connectivity index is 1.54. The van der Waals surface area contributed by atoms with Gasteiger partial charge in [-0.05, 0) is 32.4 Å². The second-order valence-electron chi connectivity index (χ2n) is 6.67. The van der Waals surface area contributed by atoms with Gasteiger partial charge in [0.1, 0.15) is 12.1 Å². The van der Waals surface area contributed by atoms with E-state index in [1.165, 1.54) is 6.33 Å². The molecule has 9 heteroatoms. The van der Waals surface area contributed by atoms with E-state index in [2.05, 4.69) is 25.1 Å². The van der Waals surface area contributed by atoms with Crippen LogP contribution in [0, 0.1) is 20.8 Å². The lowest BCUT2D eigenvalue weighted by Gasteiger charge is -2.10. The molecule has 2 aromatic heterocycles. The summed E-state index contributed by atoms with van der Waals surface area (Å²) in [4.78, 5) is 8.42. The van der Waals surface area contributed by atoms with Crippen LogP contribution < -0.4 is 10.0 Å². The Morgan fingerprint density at radius 3 is 2.57 bits per heavy atom. The zero-order chi connectivity index (χ0) is 20.1. The Bertz CT molecular complexity index is 1060. The van der Waals surface area contributed by atoms with Crippen LogP contribution in [0.2, 0.25) is 0 Å². The van der Waals surface area contributed by atoms with E-state index in [0.717, 1.165) is 22.5 Å². The predicted octanol–water partition coefficient (Wildman–Crippen LogP) is 2.12. The SMILES string of the molecule is Cc1cccc(CS(=O)(=O)NCCNc2cc(-n3nc(C)cc3C)ncn2)c1. The summed E-state index contributed by atoms with van der Waals surface area (Å²) in [5.74, 6) is 1.23. The van der Waals surface area contributed by atoms with Gasteiger partial charge in [0.2, 0.25) is 10.0 Å². The van der Waals surface area contributed by atoms with E-state index in [1.54, 1.807) is 10.7 Å². The largest absolute Gasteiger partial charge is 0.369 e. The molecule has 28 heavy (non-hydrogen) atoms. The topological polar surface area (TPSA) is 102 Å². The monoisotopic (exact) mass is 400 g/mol. The molecule has 1 aromatic carbocycles. The highest BCUT2D eigenvalue weighted by Gasteiger charge is 2.11. The number of nitrogens with one attached hydrogen (secondary N) is 2. The number of nitrogens with zero attached hydrogens (tertiary/aromatic N) is 4. The Morgan fingerprint density at radius 2 is 1.86 bits per heavy atom. The Labute approximate surface area is 165 Å². The first kappa shape index (κ1) is 20.0. The molecule has 0 atom stereocenters. The summed E-state index contributed by atoms with van der Waals surface area (Å²) >= 11 is 0. The molecule has 0 aliphatic carbocycles. The average molecular weight is 401 g/mol. The third-order valence-electron chi connectivity index (χ3n) is 4.07. The van der Waals surface area contributed by atoms with Gasteiger partial charge >= 0.3 is 0 Å². The van der Waals surface area contributed by atoms with Gasteiger partial charge < -0.3 is 5.32 Å². The summed E-state index contributed by atoms with van der Waals surface area (Å²) in [6.45, 7) is 6.48. The van der Waals surface area contributed by atoms with Crippen LogP contribution in [0.1, 0.15) is 22.5 Å². The second-order valence-corrected chi connectivity index (χ2v) is 8.48. The molecule has 2 N–H and O–H groups in total. The summed E-state index contributed by atoms with van der Waals surface area (Å²) in [6, 6.07) is 11.2.